The summed E-state index contributed by atoms with van der Waals surface area (Å²) in [6.07, 6.45) is 0.624. The summed E-state index contributed by atoms with van der Waals surface area (Å²) < 4.78 is 45.7. The number of hydrogen-bond acceptors (Lipinski definition) is 4. The van der Waals surface area contributed by atoms with Gasteiger partial charge in [0.25, 0.3) is 0 Å². The molecule has 5 nitrogen and oxygen atoms in total. The van der Waals surface area contributed by atoms with E-state index in [-0.39, 0.29) is 11.4 Å². The first-order valence-electron chi connectivity index (χ1n) is 7.12. The topological polar surface area (TPSA) is 58.6 Å². The molecule has 1 aromatic rings. The lowest BCUT2D eigenvalue weighted by atomic mass is 10.2. The van der Waals surface area contributed by atoms with Crippen LogP contribution in [0.2, 0.25) is 0 Å². The van der Waals surface area contributed by atoms with Crippen LogP contribution in [0.15, 0.2) is 23.1 Å². The number of hydrogen-bond donors (Lipinski definition) is 1. The predicted octanol–water partition coefficient (Wildman–Crippen LogP) is 1.35. The van der Waals surface area contributed by atoms with E-state index in [1.807, 2.05) is 6.92 Å². The number of nitrogens with zero attached hydrogens (tertiary/aromatic N) is 1. The van der Waals surface area contributed by atoms with E-state index < -0.39 is 15.8 Å². The molecule has 21 heavy (non-hydrogen) atoms. The molecular formula is C14H21FN2O3S. The minimum Gasteiger partial charge on any atom is -0.380 e. The third-order valence-corrected chi connectivity index (χ3v) is 5.31. The average molecular weight is 316 g/mol. The van der Waals surface area contributed by atoms with Gasteiger partial charge < -0.3 is 10.1 Å². The normalized spacial score (nSPS) is 17.6. The Labute approximate surface area is 125 Å². The Bertz CT molecular complexity index is 570. The highest BCUT2D eigenvalue weighted by Crippen LogP contribution is 2.21. The lowest BCUT2D eigenvalue weighted by Crippen LogP contribution is -2.33. The second kappa shape index (κ2) is 7.31. The first kappa shape index (κ1) is 16.4. The molecule has 0 saturated carbocycles. The van der Waals surface area contributed by atoms with Gasteiger partial charge in [0.2, 0.25) is 10.0 Å². The molecule has 1 N–H and O–H groups in total. The molecule has 118 valence electrons. The van der Waals surface area contributed by atoms with Crippen LogP contribution < -0.4 is 5.32 Å². The minimum absolute atomic E-state index is 0.260. The summed E-state index contributed by atoms with van der Waals surface area (Å²) in [6.45, 7) is 4.76. The number of halogens is 1. The van der Waals surface area contributed by atoms with E-state index in [2.05, 4.69) is 5.32 Å². The molecule has 7 heteroatoms. The molecule has 0 amide bonds. The minimum atomic E-state index is -3.80. The van der Waals surface area contributed by atoms with Gasteiger partial charge in [-0.3, -0.25) is 0 Å². The Balaban J connectivity index is 2.22. The average Bonchev–Trinajstić information content (AvgIpc) is 2.74. The molecular weight excluding hydrogens is 295 g/mol. The fourth-order valence-corrected chi connectivity index (χ4v) is 3.74. The van der Waals surface area contributed by atoms with Gasteiger partial charge in [0.15, 0.2) is 0 Å². The summed E-state index contributed by atoms with van der Waals surface area (Å²) in [4.78, 5) is -0.260. The number of rotatable bonds is 5. The summed E-state index contributed by atoms with van der Waals surface area (Å²) in [5.41, 5.74) is 0.729. The van der Waals surface area contributed by atoms with Gasteiger partial charge in [0.05, 0.1) is 6.61 Å². The summed E-state index contributed by atoms with van der Waals surface area (Å²) in [5.74, 6) is -0.699. The van der Waals surface area contributed by atoms with Gasteiger partial charge in [0.1, 0.15) is 10.7 Å². The van der Waals surface area contributed by atoms with Crippen molar-refractivity contribution in [3.8, 4) is 0 Å². The first-order valence-corrected chi connectivity index (χ1v) is 8.56. The zero-order chi connectivity index (χ0) is 15.3. The van der Waals surface area contributed by atoms with Crippen molar-refractivity contribution in [2.45, 2.75) is 24.8 Å². The Morgan fingerprint density at radius 2 is 2.14 bits per heavy atom. The number of nitrogens with one attached hydrogen (secondary N) is 1. The van der Waals surface area contributed by atoms with Crippen molar-refractivity contribution in [3.63, 3.8) is 0 Å². The van der Waals surface area contributed by atoms with E-state index in [0.717, 1.165) is 12.1 Å². The molecule has 0 atom stereocenters. The van der Waals surface area contributed by atoms with Gasteiger partial charge in [-0.05, 0) is 30.7 Å². The van der Waals surface area contributed by atoms with Crippen LogP contribution in [0.3, 0.4) is 0 Å². The number of benzene rings is 1. The molecule has 1 saturated heterocycles. The molecule has 0 aliphatic carbocycles. The lowest BCUT2D eigenvalue weighted by molar-refractivity contribution is 0.148. The number of ether oxygens (including phenoxy) is 1. The maximum absolute atomic E-state index is 14.2. The van der Waals surface area contributed by atoms with Crippen LogP contribution in [0.4, 0.5) is 4.39 Å². The van der Waals surface area contributed by atoms with Crippen LogP contribution in [0.5, 0.6) is 0 Å². The second-order valence-electron chi connectivity index (χ2n) is 4.92. The molecule has 1 aromatic carbocycles. The summed E-state index contributed by atoms with van der Waals surface area (Å²) in [5, 5.41) is 3.08. The Hall–Kier alpha value is -1.02. The molecule has 0 spiro atoms. The molecule has 1 fully saturated rings. The van der Waals surface area contributed by atoms with Crippen molar-refractivity contribution in [1.82, 2.24) is 9.62 Å². The van der Waals surface area contributed by atoms with Gasteiger partial charge in [-0.2, -0.15) is 4.31 Å². The van der Waals surface area contributed by atoms with Gasteiger partial charge in [0, 0.05) is 26.2 Å². The fraction of sp³-hybridized carbons (Fsp3) is 0.571. The van der Waals surface area contributed by atoms with Crippen molar-refractivity contribution in [2.75, 3.05) is 32.8 Å². The fourth-order valence-electron chi connectivity index (χ4n) is 2.24. The van der Waals surface area contributed by atoms with Crippen molar-refractivity contribution in [2.24, 2.45) is 0 Å². The highest BCUT2D eigenvalue weighted by atomic mass is 32.2. The maximum Gasteiger partial charge on any atom is 0.246 e. The summed E-state index contributed by atoms with van der Waals surface area (Å²) in [7, 11) is -3.80. The Morgan fingerprint density at radius 1 is 1.33 bits per heavy atom. The van der Waals surface area contributed by atoms with Gasteiger partial charge >= 0.3 is 0 Å². The molecule has 2 rings (SSSR count). The van der Waals surface area contributed by atoms with Crippen molar-refractivity contribution < 1.29 is 17.5 Å². The standard InChI is InChI=1S/C14H21FN2O3S/c1-2-16-11-12-4-5-14(13(15)10-12)21(18,19)17-6-3-8-20-9-7-17/h4-5,10,16H,2-3,6-9,11H2,1H3. The molecule has 1 aliphatic heterocycles. The molecule has 0 radical (unpaired) electrons. The van der Waals surface area contributed by atoms with E-state index in [1.165, 1.54) is 16.4 Å². The van der Waals surface area contributed by atoms with Gasteiger partial charge in [-0.15, -0.1) is 0 Å². The van der Waals surface area contributed by atoms with E-state index in [9.17, 15) is 12.8 Å². The molecule has 0 bridgehead atoms. The first-order chi connectivity index (χ1) is 10.1. The van der Waals surface area contributed by atoms with Crippen LogP contribution in [0.1, 0.15) is 18.9 Å². The van der Waals surface area contributed by atoms with E-state index >= 15 is 0 Å². The Kier molecular flexibility index (Phi) is 5.69. The summed E-state index contributed by atoms with van der Waals surface area (Å²) in [6, 6.07) is 4.28. The SMILES string of the molecule is CCNCc1ccc(S(=O)(=O)N2CCCOCC2)c(F)c1. The zero-order valence-electron chi connectivity index (χ0n) is 12.1. The number of sulfonamides is 1. The smallest absolute Gasteiger partial charge is 0.246 e. The lowest BCUT2D eigenvalue weighted by Gasteiger charge is -2.19. The third kappa shape index (κ3) is 4.00. The summed E-state index contributed by atoms with van der Waals surface area (Å²) >= 11 is 0. The van der Waals surface area contributed by atoms with Crippen molar-refractivity contribution in [1.29, 1.82) is 0 Å². The molecule has 1 heterocycles. The molecule has 0 aromatic heterocycles. The zero-order valence-corrected chi connectivity index (χ0v) is 13.0. The molecule has 0 unspecified atom stereocenters. The van der Waals surface area contributed by atoms with Crippen molar-refractivity contribution >= 4 is 10.0 Å². The van der Waals surface area contributed by atoms with Crippen LogP contribution in [-0.4, -0.2) is 45.6 Å². The second-order valence-corrected chi connectivity index (χ2v) is 6.82. The largest absolute Gasteiger partial charge is 0.380 e. The monoisotopic (exact) mass is 316 g/mol. The highest BCUT2D eigenvalue weighted by Gasteiger charge is 2.28. The maximum atomic E-state index is 14.2. The highest BCUT2D eigenvalue weighted by molar-refractivity contribution is 7.89. The van der Waals surface area contributed by atoms with Gasteiger partial charge in [-0.25, -0.2) is 12.8 Å². The van der Waals surface area contributed by atoms with E-state index in [0.29, 0.717) is 32.7 Å². The quantitative estimate of drug-likeness (QED) is 0.891. The van der Waals surface area contributed by atoms with Crippen molar-refractivity contribution in [3.05, 3.63) is 29.6 Å². The van der Waals surface area contributed by atoms with E-state index in [1.54, 1.807) is 6.07 Å². The predicted molar refractivity (Wildman–Crippen MR) is 78.0 cm³/mol. The Morgan fingerprint density at radius 3 is 2.86 bits per heavy atom. The van der Waals surface area contributed by atoms with E-state index in [4.69, 9.17) is 4.74 Å². The molecule has 1 aliphatic rings. The van der Waals surface area contributed by atoms with Crippen LogP contribution in [0, 0.1) is 5.82 Å². The van der Waals surface area contributed by atoms with Gasteiger partial charge in [-0.1, -0.05) is 13.0 Å². The third-order valence-electron chi connectivity index (χ3n) is 3.37. The van der Waals surface area contributed by atoms with Crippen LogP contribution in [0.25, 0.3) is 0 Å². The van der Waals surface area contributed by atoms with Crippen LogP contribution >= 0.6 is 0 Å². The van der Waals surface area contributed by atoms with Crippen LogP contribution in [-0.2, 0) is 21.3 Å².